The molecule has 5 N–H and O–H groups in total. The monoisotopic (exact) mass is 992 g/mol. The highest BCUT2D eigenvalue weighted by molar-refractivity contribution is 6.23. The first-order valence-corrected chi connectivity index (χ1v) is 24.3. The average Bonchev–Trinajstić information content (AvgIpc) is 4.00. The summed E-state index contributed by atoms with van der Waals surface area (Å²) in [6.45, 7) is 11.6. The number of carbonyl (C=O) groups excluding carboxylic acids is 5. The number of aromatic amines is 2. The maximum absolute atomic E-state index is 15.0. The summed E-state index contributed by atoms with van der Waals surface area (Å²) >= 11 is 0. The fourth-order valence-electron chi connectivity index (χ4n) is 9.67. The summed E-state index contributed by atoms with van der Waals surface area (Å²) in [6, 6.07) is 5.76. The van der Waals surface area contributed by atoms with Crippen molar-refractivity contribution in [3.8, 4) is 0 Å². The number of aryl methyl sites for hydroxylation is 1. The highest BCUT2D eigenvalue weighted by atomic mass is 16.5. The van der Waals surface area contributed by atoms with E-state index in [1.165, 1.54) is 4.90 Å². The number of amides is 5. The number of rotatable bonds is 22. The Labute approximate surface area is 417 Å². The van der Waals surface area contributed by atoms with Crippen LogP contribution in [-0.4, -0.2) is 154 Å². The second-order valence-corrected chi connectivity index (χ2v) is 18.6. The number of fused-ring (bicyclic) bond motifs is 8. The summed E-state index contributed by atoms with van der Waals surface area (Å²) in [5, 5.41) is 28.2. The number of hydrogen-bond acceptors (Lipinski definition) is 11. The largest absolute Gasteiger partial charge is 0.480 e. The number of carboxylic acids is 3. The van der Waals surface area contributed by atoms with Crippen LogP contribution in [0.4, 0.5) is 0 Å². The highest BCUT2D eigenvalue weighted by Gasteiger charge is 2.41. The minimum absolute atomic E-state index is 0.0270. The molecule has 0 fully saturated rings. The van der Waals surface area contributed by atoms with Gasteiger partial charge in [-0.2, -0.15) is 0 Å². The van der Waals surface area contributed by atoms with Gasteiger partial charge in [-0.05, 0) is 93.9 Å². The van der Waals surface area contributed by atoms with E-state index in [2.05, 4.69) is 16.9 Å². The van der Waals surface area contributed by atoms with Gasteiger partial charge in [-0.15, -0.1) is 0 Å². The smallest absolute Gasteiger partial charge is 0.323 e. The second kappa shape index (κ2) is 22.9. The Morgan fingerprint density at radius 3 is 1.97 bits per heavy atom. The maximum atomic E-state index is 15.0. The predicted molar refractivity (Wildman–Crippen MR) is 265 cm³/mol. The van der Waals surface area contributed by atoms with Gasteiger partial charge in [-0.25, -0.2) is 9.97 Å². The summed E-state index contributed by atoms with van der Waals surface area (Å²) in [7, 11) is 5.71. The number of carboxylic acid groups (broad SMARTS) is 3. The molecule has 4 aliphatic heterocycles. The lowest BCUT2D eigenvalue weighted by Gasteiger charge is -2.28. The van der Waals surface area contributed by atoms with Crippen molar-refractivity contribution < 1.29 is 58.4 Å². The van der Waals surface area contributed by atoms with Gasteiger partial charge < -0.3 is 44.7 Å². The number of aromatic nitrogens is 4. The van der Waals surface area contributed by atoms with Gasteiger partial charge >= 0.3 is 17.9 Å². The minimum Gasteiger partial charge on any atom is -0.480 e. The van der Waals surface area contributed by atoms with Gasteiger partial charge in [0.1, 0.15) is 32.7 Å². The van der Waals surface area contributed by atoms with Crippen molar-refractivity contribution in [3.63, 3.8) is 0 Å². The minimum atomic E-state index is -1.53. The van der Waals surface area contributed by atoms with Gasteiger partial charge in [0, 0.05) is 53.9 Å². The van der Waals surface area contributed by atoms with Gasteiger partial charge in [-0.3, -0.25) is 43.3 Å². The van der Waals surface area contributed by atoms with Crippen molar-refractivity contribution in [2.75, 3.05) is 45.9 Å². The zero-order valence-electron chi connectivity index (χ0n) is 42.1. The van der Waals surface area contributed by atoms with Crippen molar-refractivity contribution in [2.24, 2.45) is 0 Å². The molecule has 2 radical (unpaired) electrons. The number of hydrogen-bond donors (Lipinski definition) is 5. The molecule has 0 spiro atoms. The first-order chi connectivity index (χ1) is 34.1. The molecule has 4 aliphatic rings. The Balaban J connectivity index is 1.57. The van der Waals surface area contributed by atoms with E-state index in [4.69, 9.17) is 21.8 Å². The Morgan fingerprint density at radius 1 is 0.750 bits per heavy atom. The van der Waals surface area contributed by atoms with Gasteiger partial charge in [0.25, 0.3) is 11.8 Å². The van der Waals surface area contributed by atoms with E-state index in [9.17, 15) is 48.9 Å². The predicted octanol–water partition coefficient (Wildman–Crippen LogP) is 6.29. The Morgan fingerprint density at radius 2 is 1.35 bits per heavy atom. The second-order valence-electron chi connectivity index (χ2n) is 18.6. The van der Waals surface area contributed by atoms with Crippen molar-refractivity contribution >= 4 is 80.8 Å². The fourth-order valence-corrected chi connectivity index (χ4v) is 9.67. The SMILES string of the molecule is [CH]N(CC(=O)O)C(=O)CN(CC(=O)N(CC(=O)O)CC(=O)O)C(=O)CC[C@@H]1c2[nH]c(cc3nc(cc4nc(cc5[nH]c6c2C(=O)N(CCCC)C(=O)c6c5C)C(CC)=C4C)C(C(C)OCCCC)=C3C)[C@H]1C. The molecule has 8 bridgehead atoms. The molecule has 6 rings (SSSR count). The molecule has 3 atom stereocenters. The van der Waals surface area contributed by atoms with E-state index in [0.717, 1.165) is 45.7 Å². The summed E-state index contributed by atoms with van der Waals surface area (Å²) in [5.41, 5.74) is 9.40. The third-order valence-corrected chi connectivity index (χ3v) is 13.7. The van der Waals surface area contributed by atoms with Gasteiger partial charge in [0.15, 0.2) is 0 Å². The number of ether oxygens (including phenoxy) is 1. The molecular formula is C52H64N8O12. The van der Waals surface area contributed by atoms with Crippen LogP contribution < -0.4 is 0 Å². The quantitative estimate of drug-likeness (QED) is 0.0493. The van der Waals surface area contributed by atoms with E-state index in [0.29, 0.717) is 80.8 Å². The Bertz CT molecular complexity index is 2820. The van der Waals surface area contributed by atoms with Crippen LogP contribution >= 0.6 is 0 Å². The normalized spacial score (nSPS) is 16.2. The van der Waals surface area contributed by atoms with Crippen LogP contribution in [-0.2, 0) is 33.5 Å². The van der Waals surface area contributed by atoms with Gasteiger partial charge in [0.05, 0.1) is 52.6 Å². The van der Waals surface area contributed by atoms with Crippen molar-refractivity contribution in [3.05, 3.63) is 76.1 Å². The topological polar surface area (TPSA) is 277 Å². The van der Waals surface area contributed by atoms with Crippen LogP contribution in [0.25, 0.3) is 33.3 Å². The number of unbranched alkanes of at least 4 members (excludes halogenated alkanes) is 2. The van der Waals surface area contributed by atoms with E-state index >= 15 is 4.79 Å². The number of allylic oxidation sites excluding steroid dienone is 3. The molecule has 20 heteroatoms. The van der Waals surface area contributed by atoms with Crippen LogP contribution in [0.3, 0.4) is 0 Å². The standard InChI is InChI=1S/C52H64N8O12/c1-10-13-17-60-51(70)47-30(7)37-20-38-32(12-3)27(4)34(53-38)21-39-46(31(8)72-18-14-11-2)29(6)36(54-39)19-35-28(5)33(49(55-35)48(52(60)71)50(47)56-37)15-16-40(61)58(22-41(62)57(9)24-43(64)65)23-42(63)59(25-44(66)67)26-45(68)69/h9,19-21,28,31,33,55-56H,10-18,22-26H2,1-8H3,(H,64,65)(H,66,67)(H,68,69)/t28-,31?,33-/m0/s1. The molecule has 2 aromatic rings. The van der Waals surface area contributed by atoms with Crippen molar-refractivity contribution in [2.45, 2.75) is 118 Å². The summed E-state index contributed by atoms with van der Waals surface area (Å²) < 4.78 is 6.37. The van der Waals surface area contributed by atoms with Crippen LogP contribution in [0, 0.1) is 14.0 Å². The van der Waals surface area contributed by atoms with Crippen molar-refractivity contribution in [1.29, 1.82) is 0 Å². The molecule has 0 aromatic carbocycles. The van der Waals surface area contributed by atoms with E-state index < -0.39 is 98.4 Å². The lowest BCUT2D eigenvalue weighted by Crippen LogP contribution is -2.49. The molecule has 72 heavy (non-hydrogen) atoms. The molecular weight excluding hydrogens is 929 g/mol. The lowest BCUT2D eigenvalue weighted by molar-refractivity contribution is -0.152. The summed E-state index contributed by atoms with van der Waals surface area (Å²) in [5.74, 6) is -9.70. The molecule has 1 unspecified atom stereocenters. The molecule has 384 valence electrons. The molecule has 0 aliphatic carbocycles. The summed E-state index contributed by atoms with van der Waals surface area (Å²) in [6.07, 6.45) is 2.94. The zero-order valence-corrected chi connectivity index (χ0v) is 42.1. The number of nitrogens with one attached hydrogen (secondary N) is 2. The molecule has 2 aromatic heterocycles. The average molecular weight is 993 g/mol. The van der Waals surface area contributed by atoms with E-state index in [-0.39, 0.29) is 30.1 Å². The highest BCUT2D eigenvalue weighted by Crippen LogP contribution is 2.45. The number of H-pyrrole nitrogens is 2. The first kappa shape index (κ1) is 54.1. The number of aliphatic carboxylic acids is 3. The Kier molecular flexibility index (Phi) is 17.2. The third kappa shape index (κ3) is 11.4. The molecule has 0 saturated carbocycles. The molecule has 5 amide bonds. The Hall–Kier alpha value is -7.22. The summed E-state index contributed by atoms with van der Waals surface area (Å²) in [4.78, 5) is 126. The number of nitrogens with zero attached hydrogens (tertiary/aromatic N) is 6. The van der Waals surface area contributed by atoms with Crippen LogP contribution in [0.5, 0.6) is 0 Å². The van der Waals surface area contributed by atoms with Gasteiger partial charge in [0.2, 0.25) is 17.7 Å². The molecule has 20 nitrogen and oxygen atoms in total. The molecule has 6 heterocycles. The third-order valence-electron chi connectivity index (χ3n) is 13.7. The van der Waals surface area contributed by atoms with Crippen LogP contribution in [0.1, 0.15) is 166 Å². The number of carbonyl (C=O) groups is 8. The number of imide groups is 1. The van der Waals surface area contributed by atoms with E-state index in [1.54, 1.807) is 0 Å². The lowest BCUT2D eigenvalue weighted by atomic mass is 9.84. The first-order valence-electron chi connectivity index (χ1n) is 24.3. The van der Waals surface area contributed by atoms with Crippen LogP contribution in [0.15, 0.2) is 18.2 Å². The van der Waals surface area contributed by atoms with E-state index in [1.807, 2.05) is 66.7 Å². The molecule has 0 saturated heterocycles. The van der Waals surface area contributed by atoms with Gasteiger partial charge in [-0.1, -0.05) is 40.5 Å². The maximum Gasteiger partial charge on any atom is 0.323 e. The fraction of sp³-hybridized carbons (Fsp3) is 0.481. The zero-order chi connectivity index (χ0) is 52.9. The van der Waals surface area contributed by atoms with Crippen molar-refractivity contribution in [1.82, 2.24) is 39.5 Å². The van der Waals surface area contributed by atoms with Crippen LogP contribution in [0.2, 0.25) is 0 Å².